The van der Waals surface area contributed by atoms with E-state index in [1.807, 2.05) is 19.1 Å². The third-order valence-electron chi connectivity index (χ3n) is 4.91. The molecule has 0 aliphatic rings. The Morgan fingerprint density at radius 2 is 1.70 bits per heavy atom. The number of carbonyl (C=O) groups is 1. The number of hydrogen-bond acceptors (Lipinski definition) is 4. The molecule has 174 valence electrons. The van der Waals surface area contributed by atoms with E-state index in [4.69, 9.17) is 16.3 Å². The standard InChI is InChI=1S/C24H24ClFN2O4S/c1-17(18-7-9-20(25)10-8-18)27-24(29)16-32-22-13-11-21(12-14-22)28(33(2,30)31)15-19-5-3-4-6-23(19)26/h3-14,17H,15-16H2,1-2H3,(H,27,29)/t17-/m0/s1. The van der Waals surface area contributed by atoms with Crippen molar-refractivity contribution >= 4 is 33.2 Å². The number of hydrogen-bond donors (Lipinski definition) is 1. The van der Waals surface area contributed by atoms with E-state index in [2.05, 4.69) is 5.32 Å². The van der Waals surface area contributed by atoms with Crippen LogP contribution in [-0.2, 0) is 21.4 Å². The van der Waals surface area contributed by atoms with Crippen molar-refractivity contribution in [3.8, 4) is 5.75 Å². The first kappa shape index (κ1) is 24.5. The molecule has 1 N–H and O–H groups in total. The van der Waals surface area contributed by atoms with Crippen LogP contribution in [0, 0.1) is 5.82 Å². The van der Waals surface area contributed by atoms with Gasteiger partial charge in [-0.05, 0) is 55.0 Å². The maximum Gasteiger partial charge on any atom is 0.258 e. The van der Waals surface area contributed by atoms with E-state index in [-0.39, 0.29) is 30.7 Å². The summed E-state index contributed by atoms with van der Waals surface area (Å²) in [6.07, 6.45) is 1.06. The number of sulfonamides is 1. The van der Waals surface area contributed by atoms with E-state index in [0.717, 1.165) is 16.1 Å². The fourth-order valence-corrected chi connectivity index (χ4v) is 4.16. The highest BCUT2D eigenvalue weighted by Gasteiger charge is 2.19. The van der Waals surface area contributed by atoms with E-state index in [1.165, 1.54) is 12.1 Å². The van der Waals surface area contributed by atoms with E-state index >= 15 is 0 Å². The molecule has 33 heavy (non-hydrogen) atoms. The van der Waals surface area contributed by atoms with Crippen LogP contribution < -0.4 is 14.4 Å². The summed E-state index contributed by atoms with van der Waals surface area (Å²) in [5, 5.41) is 3.46. The smallest absolute Gasteiger partial charge is 0.258 e. The molecule has 3 rings (SSSR count). The lowest BCUT2D eigenvalue weighted by atomic mass is 10.1. The minimum absolute atomic E-state index is 0.142. The number of rotatable bonds is 9. The Morgan fingerprint density at radius 1 is 1.06 bits per heavy atom. The molecule has 0 bridgehead atoms. The van der Waals surface area contributed by atoms with Crippen molar-refractivity contribution in [2.45, 2.75) is 19.5 Å². The van der Waals surface area contributed by atoms with Crippen LogP contribution in [-0.4, -0.2) is 27.2 Å². The van der Waals surface area contributed by atoms with Crippen LogP contribution in [0.5, 0.6) is 5.75 Å². The summed E-state index contributed by atoms with van der Waals surface area (Å²) in [5.41, 5.74) is 1.52. The second kappa shape index (κ2) is 10.7. The van der Waals surface area contributed by atoms with Crippen molar-refractivity contribution in [2.75, 3.05) is 17.2 Å². The molecule has 0 heterocycles. The molecule has 1 atom stereocenters. The topological polar surface area (TPSA) is 75.7 Å². The van der Waals surface area contributed by atoms with Gasteiger partial charge in [-0.3, -0.25) is 9.10 Å². The Kier molecular flexibility index (Phi) is 7.94. The highest BCUT2D eigenvalue weighted by Crippen LogP contribution is 2.24. The number of nitrogens with one attached hydrogen (secondary N) is 1. The van der Waals surface area contributed by atoms with E-state index < -0.39 is 15.8 Å². The zero-order valence-electron chi connectivity index (χ0n) is 18.2. The lowest BCUT2D eigenvalue weighted by Gasteiger charge is -2.23. The van der Waals surface area contributed by atoms with Gasteiger partial charge in [0.25, 0.3) is 5.91 Å². The van der Waals surface area contributed by atoms with Gasteiger partial charge in [-0.15, -0.1) is 0 Å². The Morgan fingerprint density at radius 3 is 2.30 bits per heavy atom. The Bertz CT molecular complexity index is 1200. The van der Waals surface area contributed by atoms with Gasteiger partial charge >= 0.3 is 0 Å². The molecule has 1 amide bonds. The summed E-state index contributed by atoms with van der Waals surface area (Å²) in [6, 6.07) is 19.2. The molecule has 0 aliphatic carbocycles. The van der Waals surface area contributed by atoms with Crippen molar-refractivity contribution in [2.24, 2.45) is 0 Å². The number of anilines is 1. The maximum atomic E-state index is 14.0. The lowest BCUT2D eigenvalue weighted by molar-refractivity contribution is -0.123. The highest BCUT2D eigenvalue weighted by atomic mass is 35.5. The SMILES string of the molecule is C[C@H](NC(=O)COc1ccc(N(Cc2ccccc2F)S(C)(=O)=O)cc1)c1ccc(Cl)cc1. The third kappa shape index (κ3) is 6.94. The van der Waals surface area contributed by atoms with Crippen molar-refractivity contribution in [1.82, 2.24) is 5.32 Å². The predicted molar refractivity (Wildman–Crippen MR) is 127 cm³/mol. The molecule has 0 fully saturated rings. The van der Waals surface area contributed by atoms with Crippen LogP contribution in [0.1, 0.15) is 24.1 Å². The largest absolute Gasteiger partial charge is 0.484 e. The molecular formula is C24H24ClFN2O4S. The summed E-state index contributed by atoms with van der Waals surface area (Å²) in [5.74, 6) is -0.392. The van der Waals surface area contributed by atoms with E-state index in [1.54, 1.807) is 48.5 Å². The maximum absolute atomic E-state index is 14.0. The zero-order valence-corrected chi connectivity index (χ0v) is 19.7. The quantitative estimate of drug-likeness (QED) is 0.471. The average molecular weight is 491 g/mol. The summed E-state index contributed by atoms with van der Waals surface area (Å²) >= 11 is 5.88. The summed E-state index contributed by atoms with van der Waals surface area (Å²) in [7, 11) is -3.66. The van der Waals surface area contributed by atoms with Crippen LogP contribution in [0.2, 0.25) is 5.02 Å². The van der Waals surface area contributed by atoms with Crippen LogP contribution >= 0.6 is 11.6 Å². The lowest BCUT2D eigenvalue weighted by Crippen LogP contribution is -2.31. The molecule has 0 saturated heterocycles. The van der Waals surface area contributed by atoms with Gasteiger partial charge in [-0.2, -0.15) is 0 Å². The highest BCUT2D eigenvalue weighted by molar-refractivity contribution is 7.92. The zero-order chi connectivity index (χ0) is 24.0. The molecule has 6 nitrogen and oxygen atoms in total. The molecule has 0 saturated carbocycles. The molecule has 0 radical (unpaired) electrons. The second-order valence-corrected chi connectivity index (χ2v) is 9.83. The minimum atomic E-state index is -3.66. The number of ether oxygens (including phenoxy) is 1. The van der Waals surface area contributed by atoms with E-state index in [9.17, 15) is 17.6 Å². The van der Waals surface area contributed by atoms with Gasteiger partial charge in [-0.1, -0.05) is 41.9 Å². The van der Waals surface area contributed by atoms with Crippen molar-refractivity contribution in [1.29, 1.82) is 0 Å². The average Bonchev–Trinajstić information content (AvgIpc) is 2.77. The molecule has 0 aliphatic heterocycles. The van der Waals surface area contributed by atoms with Crippen LogP contribution in [0.4, 0.5) is 10.1 Å². The van der Waals surface area contributed by atoms with Crippen molar-refractivity contribution in [3.63, 3.8) is 0 Å². The van der Waals surface area contributed by atoms with Crippen LogP contribution in [0.15, 0.2) is 72.8 Å². The van der Waals surface area contributed by atoms with Gasteiger partial charge in [0, 0.05) is 10.6 Å². The van der Waals surface area contributed by atoms with Crippen molar-refractivity contribution in [3.05, 3.63) is 94.8 Å². The van der Waals surface area contributed by atoms with Crippen LogP contribution in [0.25, 0.3) is 0 Å². The first-order chi connectivity index (χ1) is 15.6. The van der Waals surface area contributed by atoms with E-state index in [0.29, 0.717) is 16.5 Å². The van der Waals surface area contributed by atoms with Gasteiger partial charge < -0.3 is 10.1 Å². The summed E-state index contributed by atoms with van der Waals surface area (Å²) < 4.78 is 45.2. The van der Waals surface area contributed by atoms with Gasteiger partial charge in [0.2, 0.25) is 10.0 Å². The summed E-state index contributed by atoms with van der Waals surface area (Å²) in [4.78, 5) is 12.2. The molecule has 0 aromatic heterocycles. The number of nitrogens with zero attached hydrogens (tertiary/aromatic N) is 1. The monoisotopic (exact) mass is 490 g/mol. The fraction of sp³-hybridized carbons (Fsp3) is 0.208. The molecular weight excluding hydrogens is 467 g/mol. The fourth-order valence-electron chi connectivity index (χ4n) is 3.16. The number of amides is 1. The third-order valence-corrected chi connectivity index (χ3v) is 6.31. The molecule has 3 aromatic carbocycles. The van der Waals surface area contributed by atoms with Gasteiger partial charge in [0.1, 0.15) is 11.6 Å². The van der Waals surface area contributed by atoms with Gasteiger partial charge in [-0.25, -0.2) is 12.8 Å². The molecule has 3 aromatic rings. The number of benzene rings is 3. The Hall–Kier alpha value is -3.10. The first-order valence-electron chi connectivity index (χ1n) is 10.1. The molecule has 0 spiro atoms. The van der Waals surface area contributed by atoms with Gasteiger partial charge in [0.15, 0.2) is 6.61 Å². The normalized spacial score (nSPS) is 12.1. The molecule has 0 unspecified atom stereocenters. The van der Waals surface area contributed by atoms with Crippen LogP contribution in [0.3, 0.4) is 0 Å². The number of carbonyl (C=O) groups excluding carboxylic acids is 1. The predicted octanol–water partition coefficient (Wildman–Crippen LogP) is 4.70. The molecule has 9 heteroatoms. The number of halogens is 2. The van der Waals surface area contributed by atoms with Crippen molar-refractivity contribution < 1.29 is 22.3 Å². The first-order valence-corrected chi connectivity index (χ1v) is 12.3. The second-order valence-electron chi connectivity index (χ2n) is 7.48. The van der Waals surface area contributed by atoms with Gasteiger partial charge in [0.05, 0.1) is 24.5 Å². The minimum Gasteiger partial charge on any atom is -0.484 e. The Balaban J connectivity index is 1.61. The Labute approximate surface area is 198 Å². The summed E-state index contributed by atoms with van der Waals surface area (Å²) in [6.45, 7) is 1.50.